The fourth-order valence-electron chi connectivity index (χ4n) is 2.55. The summed E-state index contributed by atoms with van der Waals surface area (Å²) in [6.07, 6.45) is -4.36. The molecule has 0 spiro atoms. The predicted octanol–water partition coefficient (Wildman–Crippen LogP) is 2.99. The van der Waals surface area contributed by atoms with Crippen LogP contribution in [0.5, 0.6) is 0 Å². The van der Waals surface area contributed by atoms with Crippen LogP contribution in [0.3, 0.4) is 0 Å². The molecule has 0 saturated heterocycles. The number of para-hydroxylation sites is 1. The van der Waals surface area contributed by atoms with Gasteiger partial charge in [0, 0.05) is 31.6 Å². The first-order valence-corrected chi connectivity index (χ1v) is 7.46. The van der Waals surface area contributed by atoms with Crippen LogP contribution in [-0.2, 0) is 16.0 Å². The van der Waals surface area contributed by atoms with Gasteiger partial charge in [-0.05, 0) is 24.5 Å². The number of anilines is 1. The zero-order chi connectivity index (χ0) is 17.0. The maximum Gasteiger partial charge on any atom is 0.390 e. The molecule has 0 saturated carbocycles. The molecule has 1 unspecified atom stereocenters. The Bertz CT molecular complexity index is 587. The van der Waals surface area contributed by atoms with Gasteiger partial charge in [0.25, 0.3) is 0 Å². The van der Waals surface area contributed by atoms with Crippen LogP contribution in [0, 0.1) is 5.92 Å². The van der Waals surface area contributed by atoms with Crippen molar-refractivity contribution in [3.8, 4) is 0 Å². The van der Waals surface area contributed by atoms with Gasteiger partial charge in [-0.25, -0.2) is 0 Å². The normalized spacial score (nSPS) is 17.4. The number of rotatable bonds is 5. The van der Waals surface area contributed by atoms with Crippen LogP contribution >= 0.6 is 0 Å². The van der Waals surface area contributed by atoms with Crippen LogP contribution < -0.4 is 5.32 Å². The van der Waals surface area contributed by atoms with E-state index in [-0.39, 0.29) is 30.7 Å². The minimum atomic E-state index is -4.28. The van der Waals surface area contributed by atoms with Gasteiger partial charge in [-0.15, -0.1) is 0 Å². The van der Waals surface area contributed by atoms with E-state index >= 15 is 0 Å². The highest BCUT2D eigenvalue weighted by Crippen LogP contribution is 2.27. The third kappa shape index (κ3) is 4.97. The fraction of sp³-hybridized carbons (Fsp3) is 0.500. The van der Waals surface area contributed by atoms with Crippen LogP contribution in [0.2, 0.25) is 0 Å². The summed E-state index contributed by atoms with van der Waals surface area (Å²) in [7, 11) is 1.35. The van der Waals surface area contributed by atoms with Crippen LogP contribution in [0.15, 0.2) is 24.3 Å². The van der Waals surface area contributed by atoms with E-state index in [1.165, 1.54) is 7.05 Å². The summed E-state index contributed by atoms with van der Waals surface area (Å²) in [5.74, 6) is -0.847. The van der Waals surface area contributed by atoms with E-state index in [4.69, 9.17) is 0 Å². The van der Waals surface area contributed by atoms with Crippen molar-refractivity contribution < 1.29 is 22.8 Å². The number of nitrogens with zero attached hydrogens (tertiary/aromatic N) is 1. The van der Waals surface area contributed by atoms with Crippen molar-refractivity contribution in [2.45, 2.75) is 31.9 Å². The van der Waals surface area contributed by atoms with Gasteiger partial charge in [0.1, 0.15) is 0 Å². The second-order valence-electron chi connectivity index (χ2n) is 5.77. The van der Waals surface area contributed by atoms with Crippen LogP contribution in [0.4, 0.5) is 18.9 Å². The van der Waals surface area contributed by atoms with Gasteiger partial charge in [-0.1, -0.05) is 18.2 Å². The Labute approximate surface area is 132 Å². The molecule has 2 rings (SSSR count). The summed E-state index contributed by atoms with van der Waals surface area (Å²) < 4.78 is 36.5. The molecule has 1 atom stereocenters. The van der Waals surface area contributed by atoms with Crippen molar-refractivity contribution in [3.05, 3.63) is 29.8 Å². The molecule has 1 aliphatic heterocycles. The highest BCUT2D eigenvalue weighted by atomic mass is 19.4. The molecule has 1 heterocycles. The van der Waals surface area contributed by atoms with Crippen molar-refractivity contribution in [1.29, 1.82) is 0 Å². The molecule has 1 aromatic rings. The first kappa shape index (κ1) is 17.3. The van der Waals surface area contributed by atoms with Crippen LogP contribution in [-0.4, -0.2) is 36.5 Å². The van der Waals surface area contributed by atoms with Gasteiger partial charge in [0.2, 0.25) is 11.8 Å². The van der Waals surface area contributed by atoms with E-state index in [1.54, 1.807) is 0 Å². The molecule has 4 nitrogen and oxygen atoms in total. The quantitative estimate of drug-likeness (QED) is 0.903. The molecule has 23 heavy (non-hydrogen) atoms. The van der Waals surface area contributed by atoms with Crippen molar-refractivity contribution in [3.63, 3.8) is 0 Å². The summed E-state index contributed by atoms with van der Waals surface area (Å²) in [5, 5.41) is 2.80. The van der Waals surface area contributed by atoms with Gasteiger partial charge in [0.15, 0.2) is 0 Å². The topological polar surface area (TPSA) is 49.4 Å². The molecular formula is C16H19F3N2O2. The minimum Gasteiger partial charge on any atom is -0.345 e. The lowest BCUT2D eigenvalue weighted by Crippen LogP contribution is -2.33. The Hall–Kier alpha value is -2.05. The number of alkyl halides is 3. The number of carbonyl (C=O) groups excluding carboxylic acids is 2. The zero-order valence-corrected chi connectivity index (χ0v) is 12.8. The Kier molecular flexibility index (Phi) is 5.28. The molecule has 1 aliphatic rings. The maximum atomic E-state index is 12.2. The standard InChI is InChI=1S/C16H19F3N2O2/c1-21(9-8-16(17,18)19)14(22)7-6-12-10-11-4-2-3-5-13(11)20-15(12)23/h2-5,12H,6-10H2,1H3,(H,20,23). The van der Waals surface area contributed by atoms with Crippen molar-refractivity contribution >= 4 is 17.5 Å². The second kappa shape index (κ2) is 7.02. The first-order valence-electron chi connectivity index (χ1n) is 7.46. The molecule has 0 aromatic heterocycles. The maximum absolute atomic E-state index is 12.2. The Balaban J connectivity index is 1.84. The number of amides is 2. The minimum absolute atomic E-state index is 0.0641. The lowest BCUT2D eigenvalue weighted by molar-refractivity contribution is -0.144. The summed E-state index contributed by atoms with van der Waals surface area (Å²) in [6.45, 7) is -0.359. The number of benzene rings is 1. The van der Waals surface area contributed by atoms with Gasteiger partial charge < -0.3 is 10.2 Å². The number of hydrogen-bond acceptors (Lipinski definition) is 2. The second-order valence-corrected chi connectivity index (χ2v) is 5.77. The molecule has 7 heteroatoms. The van der Waals surface area contributed by atoms with E-state index < -0.39 is 12.6 Å². The number of nitrogens with one attached hydrogen (secondary N) is 1. The van der Waals surface area contributed by atoms with Gasteiger partial charge in [-0.2, -0.15) is 13.2 Å². The molecule has 126 valence electrons. The zero-order valence-electron chi connectivity index (χ0n) is 12.8. The van der Waals surface area contributed by atoms with Gasteiger partial charge in [-0.3, -0.25) is 9.59 Å². The Morgan fingerprint density at radius 1 is 1.35 bits per heavy atom. The molecule has 1 N–H and O–H groups in total. The Morgan fingerprint density at radius 3 is 2.74 bits per heavy atom. The smallest absolute Gasteiger partial charge is 0.345 e. The number of hydrogen-bond donors (Lipinski definition) is 1. The number of fused-ring (bicyclic) bond motifs is 1. The monoisotopic (exact) mass is 328 g/mol. The molecule has 0 aliphatic carbocycles. The fourth-order valence-corrected chi connectivity index (χ4v) is 2.55. The van der Waals surface area contributed by atoms with Crippen LogP contribution in [0.25, 0.3) is 0 Å². The summed E-state index contributed by atoms with van der Waals surface area (Å²) in [4.78, 5) is 25.0. The summed E-state index contributed by atoms with van der Waals surface area (Å²) >= 11 is 0. The molecule has 0 bridgehead atoms. The molecule has 1 aromatic carbocycles. The van der Waals surface area contributed by atoms with Gasteiger partial charge in [0.05, 0.1) is 6.42 Å². The first-order chi connectivity index (χ1) is 10.8. The van der Waals surface area contributed by atoms with Crippen molar-refractivity contribution in [2.75, 3.05) is 18.9 Å². The molecule has 2 amide bonds. The SMILES string of the molecule is CN(CCC(F)(F)F)C(=O)CCC1Cc2ccccc2NC1=O. The number of carbonyl (C=O) groups is 2. The average molecular weight is 328 g/mol. The third-order valence-electron chi connectivity index (χ3n) is 3.98. The largest absolute Gasteiger partial charge is 0.390 e. The molecule has 0 fully saturated rings. The average Bonchev–Trinajstić information content (AvgIpc) is 2.49. The van der Waals surface area contributed by atoms with Crippen LogP contribution in [0.1, 0.15) is 24.8 Å². The highest BCUT2D eigenvalue weighted by Gasteiger charge is 2.29. The van der Waals surface area contributed by atoms with Crippen molar-refractivity contribution in [1.82, 2.24) is 4.90 Å². The van der Waals surface area contributed by atoms with E-state index in [1.807, 2.05) is 24.3 Å². The van der Waals surface area contributed by atoms with Crippen molar-refractivity contribution in [2.24, 2.45) is 5.92 Å². The van der Waals surface area contributed by atoms with Gasteiger partial charge >= 0.3 is 6.18 Å². The van der Waals surface area contributed by atoms with E-state index in [0.717, 1.165) is 16.2 Å². The third-order valence-corrected chi connectivity index (χ3v) is 3.98. The van der Waals surface area contributed by atoms with E-state index in [2.05, 4.69) is 5.32 Å². The lowest BCUT2D eigenvalue weighted by atomic mass is 9.89. The highest BCUT2D eigenvalue weighted by molar-refractivity contribution is 5.96. The molecular weight excluding hydrogens is 309 g/mol. The Morgan fingerprint density at radius 2 is 2.04 bits per heavy atom. The predicted molar refractivity (Wildman–Crippen MR) is 79.8 cm³/mol. The lowest BCUT2D eigenvalue weighted by Gasteiger charge is -2.25. The van der Waals surface area contributed by atoms with E-state index in [0.29, 0.717) is 12.8 Å². The van der Waals surface area contributed by atoms with E-state index in [9.17, 15) is 22.8 Å². The molecule has 0 radical (unpaired) electrons. The summed E-state index contributed by atoms with van der Waals surface area (Å²) in [5.41, 5.74) is 1.79. The summed E-state index contributed by atoms with van der Waals surface area (Å²) in [6, 6.07) is 7.45. The number of halogens is 3.